The van der Waals surface area contributed by atoms with Crippen LogP contribution >= 0.6 is 0 Å². The first kappa shape index (κ1) is 15.1. The van der Waals surface area contributed by atoms with Crippen LogP contribution in [-0.2, 0) is 23.9 Å². The van der Waals surface area contributed by atoms with Crippen molar-refractivity contribution in [1.29, 1.82) is 0 Å². The maximum absolute atomic E-state index is 11.6. The molecule has 17 heavy (non-hydrogen) atoms. The van der Waals surface area contributed by atoms with Crippen molar-refractivity contribution >= 4 is 17.9 Å². The van der Waals surface area contributed by atoms with Crippen LogP contribution in [0.25, 0.3) is 0 Å². The van der Waals surface area contributed by atoms with E-state index in [9.17, 15) is 27.6 Å². The van der Waals surface area contributed by atoms with E-state index in [1.54, 1.807) is 0 Å². The third kappa shape index (κ3) is 6.33. The predicted molar refractivity (Wildman–Crippen MR) is 47.5 cm³/mol. The molecule has 0 aliphatic heterocycles. The third-order valence-corrected chi connectivity index (χ3v) is 1.33. The summed E-state index contributed by atoms with van der Waals surface area (Å²) < 4.78 is 42.8. The van der Waals surface area contributed by atoms with Gasteiger partial charge in [0.05, 0.1) is 6.42 Å². The highest BCUT2D eigenvalue weighted by Gasteiger charge is 2.42. The summed E-state index contributed by atoms with van der Waals surface area (Å²) in [5.74, 6) is -4.82. The lowest BCUT2D eigenvalue weighted by atomic mass is 10.4. The second-order valence-electron chi connectivity index (χ2n) is 2.93. The predicted octanol–water partition coefficient (Wildman–Crippen LogP) is 1.13. The average molecular weight is 254 g/mol. The maximum atomic E-state index is 11.6. The normalized spacial score (nSPS) is 10.6. The molecular formula is C9H9F3O5. The van der Waals surface area contributed by atoms with Crippen LogP contribution in [0.3, 0.4) is 0 Å². The fourth-order valence-electron chi connectivity index (χ4n) is 0.563. The lowest BCUT2D eigenvalue weighted by Crippen LogP contribution is -2.28. The molecule has 0 rings (SSSR count). The minimum absolute atomic E-state index is 0.0738. The Balaban J connectivity index is 3.94. The maximum Gasteiger partial charge on any atom is 0.491 e. The van der Waals surface area contributed by atoms with E-state index in [1.165, 1.54) is 6.92 Å². The molecule has 0 saturated carbocycles. The van der Waals surface area contributed by atoms with Crippen molar-refractivity contribution in [3.63, 3.8) is 0 Å². The number of alkyl halides is 3. The van der Waals surface area contributed by atoms with Crippen LogP contribution in [-0.4, -0.2) is 30.7 Å². The van der Waals surface area contributed by atoms with Crippen LogP contribution in [0, 0.1) is 0 Å². The summed E-state index contributed by atoms with van der Waals surface area (Å²) in [5.41, 5.74) is 0.0738. The summed E-state index contributed by atoms with van der Waals surface area (Å²) in [6.07, 6.45) is -5.88. The molecule has 0 aliphatic rings. The minimum atomic E-state index is -5.23. The molecule has 96 valence electrons. The van der Waals surface area contributed by atoms with Crippen LogP contribution < -0.4 is 0 Å². The number of carbonyl (C=O) groups excluding carboxylic acids is 3. The molecule has 8 heteroatoms. The number of halogens is 3. The van der Waals surface area contributed by atoms with Gasteiger partial charge in [-0.1, -0.05) is 6.58 Å². The summed E-state index contributed by atoms with van der Waals surface area (Å²) in [5, 5.41) is 0. The van der Waals surface area contributed by atoms with Crippen molar-refractivity contribution in [3.05, 3.63) is 12.2 Å². The van der Waals surface area contributed by atoms with Crippen LogP contribution in [0.2, 0.25) is 0 Å². The number of carbonyl (C=O) groups is 3. The first-order valence-corrected chi connectivity index (χ1v) is 4.29. The van der Waals surface area contributed by atoms with Crippen molar-refractivity contribution in [2.45, 2.75) is 19.5 Å². The minimum Gasteiger partial charge on any atom is -0.462 e. The lowest BCUT2D eigenvalue weighted by Gasteiger charge is -2.06. The molecule has 5 nitrogen and oxygen atoms in total. The Morgan fingerprint density at radius 3 is 2.18 bits per heavy atom. The standard InChI is InChI=1S/C9H9F3O5/c1-5(2)7(14)16-4-3-6(13)17-8(15)9(10,11)12/h1,3-4H2,2H3. The SMILES string of the molecule is C=C(C)C(=O)OCCC(=O)OC(=O)C(F)(F)F. The zero-order valence-corrected chi connectivity index (χ0v) is 8.80. The van der Waals surface area contributed by atoms with E-state index >= 15 is 0 Å². The number of ether oxygens (including phenoxy) is 2. The molecule has 0 saturated heterocycles. The Labute approximate surface area is 94.2 Å². The van der Waals surface area contributed by atoms with E-state index in [4.69, 9.17) is 0 Å². The highest BCUT2D eigenvalue weighted by molar-refractivity contribution is 5.89. The van der Waals surface area contributed by atoms with E-state index in [2.05, 4.69) is 16.1 Å². The Hall–Kier alpha value is -1.86. The van der Waals surface area contributed by atoms with Crippen LogP contribution in [0.1, 0.15) is 13.3 Å². The summed E-state index contributed by atoms with van der Waals surface area (Å²) in [7, 11) is 0. The summed E-state index contributed by atoms with van der Waals surface area (Å²) in [6, 6.07) is 0. The van der Waals surface area contributed by atoms with Crippen LogP contribution in [0.15, 0.2) is 12.2 Å². The van der Waals surface area contributed by atoms with Gasteiger partial charge in [0, 0.05) is 5.57 Å². The highest BCUT2D eigenvalue weighted by Crippen LogP contribution is 2.16. The second kappa shape index (κ2) is 6.02. The van der Waals surface area contributed by atoms with Gasteiger partial charge in [0.2, 0.25) is 0 Å². The van der Waals surface area contributed by atoms with Crippen molar-refractivity contribution in [3.8, 4) is 0 Å². The third-order valence-electron chi connectivity index (χ3n) is 1.33. The van der Waals surface area contributed by atoms with E-state index in [0.717, 1.165) is 0 Å². The largest absolute Gasteiger partial charge is 0.491 e. The van der Waals surface area contributed by atoms with Gasteiger partial charge in [-0.15, -0.1) is 0 Å². The zero-order chi connectivity index (χ0) is 13.6. The summed E-state index contributed by atoms with van der Waals surface area (Å²) in [4.78, 5) is 31.7. The van der Waals surface area contributed by atoms with Gasteiger partial charge in [0.15, 0.2) is 0 Å². The van der Waals surface area contributed by atoms with Gasteiger partial charge in [-0.05, 0) is 6.92 Å². The van der Waals surface area contributed by atoms with E-state index in [0.29, 0.717) is 0 Å². The number of esters is 3. The molecule has 0 aromatic rings. The molecule has 0 aromatic heterocycles. The van der Waals surface area contributed by atoms with Crippen molar-refractivity contribution < 1.29 is 37.0 Å². The molecule has 0 heterocycles. The topological polar surface area (TPSA) is 69.7 Å². The molecule has 0 spiro atoms. The lowest BCUT2D eigenvalue weighted by molar-refractivity contribution is -0.202. The summed E-state index contributed by atoms with van der Waals surface area (Å²) >= 11 is 0. The van der Waals surface area contributed by atoms with Gasteiger partial charge >= 0.3 is 24.1 Å². The Morgan fingerprint density at radius 1 is 1.24 bits per heavy atom. The fourth-order valence-corrected chi connectivity index (χ4v) is 0.563. The first-order chi connectivity index (χ1) is 7.64. The fraction of sp³-hybridized carbons (Fsp3) is 0.444. The molecule has 0 fully saturated rings. The van der Waals surface area contributed by atoms with Gasteiger partial charge in [-0.3, -0.25) is 4.79 Å². The molecule has 0 radical (unpaired) electrons. The first-order valence-electron chi connectivity index (χ1n) is 4.29. The smallest absolute Gasteiger partial charge is 0.462 e. The zero-order valence-electron chi connectivity index (χ0n) is 8.80. The quantitative estimate of drug-likeness (QED) is 0.427. The monoisotopic (exact) mass is 254 g/mol. The average Bonchev–Trinajstić information content (AvgIpc) is 2.15. The van der Waals surface area contributed by atoms with Gasteiger partial charge in [-0.2, -0.15) is 13.2 Å². The Bertz CT molecular complexity index is 345. The number of rotatable bonds is 4. The van der Waals surface area contributed by atoms with Crippen LogP contribution in [0.4, 0.5) is 13.2 Å². The van der Waals surface area contributed by atoms with Gasteiger partial charge < -0.3 is 9.47 Å². The van der Waals surface area contributed by atoms with E-state index < -0.39 is 37.1 Å². The molecule has 0 unspecified atom stereocenters. The van der Waals surface area contributed by atoms with Crippen LogP contribution in [0.5, 0.6) is 0 Å². The van der Waals surface area contributed by atoms with Gasteiger partial charge in [0.1, 0.15) is 6.61 Å². The Kier molecular flexibility index (Phi) is 5.36. The summed E-state index contributed by atoms with van der Waals surface area (Å²) in [6.45, 7) is 4.10. The highest BCUT2D eigenvalue weighted by atomic mass is 19.4. The van der Waals surface area contributed by atoms with E-state index in [-0.39, 0.29) is 5.57 Å². The molecule has 0 amide bonds. The van der Waals surface area contributed by atoms with E-state index in [1.807, 2.05) is 0 Å². The molecule has 0 N–H and O–H groups in total. The van der Waals surface area contributed by atoms with Crippen molar-refractivity contribution in [1.82, 2.24) is 0 Å². The second-order valence-corrected chi connectivity index (χ2v) is 2.93. The van der Waals surface area contributed by atoms with Gasteiger partial charge in [-0.25, -0.2) is 9.59 Å². The number of hydrogen-bond donors (Lipinski definition) is 0. The van der Waals surface area contributed by atoms with Crippen molar-refractivity contribution in [2.24, 2.45) is 0 Å². The number of hydrogen-bond acceptors (Lipinski definition) is 5. The molecule has 0 bridgehead atoms. The van der Waals surface area contributed by atoms with Gasteiger partial charge in [0.25, 0.3) is 0 Å². The molecular weight excluding hydrogens is 245 g/mol. The molecule has 0 atom stereocenters. The molecule has 0 aliphatic carbocycles. The van der Waals surface area contributed by atoms with Crippen molar-refractivity contribution in [2.75, 3.05) is 6.61 Å². The molecule has 0 aromatic carbocycles. The Morgan fingerprint density at radius 2 is 1.76 bits per heavy atom.